The fraction of sp³-hybridized carbons (Fsp3) is 0.155. The molecular formula is C71H53NO3. The summed E-state index contributed by atoms with van der Waals surface area (Å²) in [5, 5.41) is 6.91. The average molecular weight is 968 g/mol. The number of aryl methyl sites for hydroxylation is 2. The molecule has 0 saturated carbocycles. The van der Waals surface area contributed by atoms with Crippen molar-refractivity contribution in [3.63, 3.8) is 0 Å². The van der Waals surface area contributed by atoms with Crippen LogP contribution in [-0.4, -0.2) is 0 Å². The minimum absolute atomic E-state index is 0.234. The van der Waals surface area contributed by atoms with Gasteiger partial charge in [0.1, 0.15) is 33.5 Å². The van der Waals surface area contributed by atoms with Gasteiger partial charge in [0, 0.05) is 76.8 Å². The Labute approximate surface area is 435 Å². The first-order valence-electron chi connectivity index (χ1n) is 26.5. The van der Waals surface area contributed by atoms with Crippen LogP contribution in [-0.2, 0) is 16.2 Å². The van der Waals surface area contributed by atoms with Crippen LogP contribution in [0.25, 0.3) is 110 Å². The molecule has 0 N–H and O–H groups in total. The van der Waals surface area contributed by atoms with Gasteiger partial charge in [0.05, 0.1) is 0 Å². The van der Waals surface area contributed by atoms with Crippen LogP contribution in [0.2, 0.25) is 0 Å². The number of hydrogen-bond acceptors (Lipinski definition) is 4. The summed E-state index contributed by atoms with van der Waals surface area (Å²) in [5.74, 6) is 0. The topological polar surface area (TPSA) is 42.7 Å². The molecule has 10 aromatic carbocycles. The molecule has 0 unspecified atom stereocenters. The van der Waals surface area contributed by atoms with E-state index in [1.807, 2.05) is 6.07 Å². The van der Waals surface area contributed by atoms with Gasteiger partial charge in [0.15, 0.2) is 0 Å². The molecule has 16 rings (SSSR count). The van der Waals surface area contributed by atoms with Gasteiger partial charge in [-0.1, -0.05) is 156 Å². The van der Waals surface area contributed by atoms with E-state index in [2.05, 4.69) is 230 Å². The monoisotopic (exact) mass is 967 g/mol. The molecule has 0 radical (unpaired) electrons. The predicted octanol–water partition coefficient (Wildman–Crippen LogP) is 20.1. The lowest BCUT2D eigenvalue weighted by Crippen LogP contribution is -2.24. The summed E-state index contributed by atoms with van der Waals surface area (Å²) in [6.45, 7) is 18.9. The second-order valence-corrected chi connectivity index (χ2v) is 23.3. The van der Waals surface area contributed by atoms with E-state index in [0.29, 0.717) is 0 Å². The van der Waals surface area contributed by atoms with Crippen LogP contribution < -0.4 is 4.90 Å². The first kappa shape index (κ1) is 42.9. The molecular weight excluding hydrogens is 915 g/mol. The minimum Gasteiger partial charge on any atom is -0.456 e. The highest BCUT2D eigenvalue weighted by molar-refractivity contribution is 6.22. The summed E-state index contributed by atoms with van der Waals surface area (Å²) in [4.78, 5) is 2.48. The Kier molecular flexibility index (Phi) is 8.21. The van der Waals surface area contributed by atoms with E-state index in [0.717, 1.165) is 72.3 Å². The van der Waals surface area contributed by atoms with Gasteiger partial charge in [-0.05, 0) is 153 Å². The lowest BCUT2D eigenvalue weighted by molar-refractivity contribution is 0.600. The predicted molar refractivity (Wildman–Crippen MR) is 311 cm³/mol. The van der Waals surface area contributed by atoms with E-state index in [9.17, 15) is 0 Å². The molecule has 3 aromatic heterocycles. The molecule has 13 aromatic rings. The van der Waals surface area contributed by atoms with Gasteiger partial charge in [-0.15, -0.1) is 0 Å². The molecule has 3 heterocycles. The quantitative estimate of drug-likeness (QED) is 0.176. The molecule has 4 heteroatoms. The molecule has 0 aliphatic heterocycles. The molecule has 3 aliphatic rings. The molecule has 0 spiro atoms. The standard InChI is InChI=1S/C71H53NO3/c1-38-25-29-43(39(2)33-38)51-37-55-60(62-48-19-11-15-23-57(48)74-67(51)62)46-30-26-41(35-53(46)69(55,3)4)72(40-28-32-59-50(34-40)44-17-10-14-22-56(44)73-59)42-27-31-47-54(36-42)71(7,8)66-64(47)68-63(49-20-12-16-24-58(49)75-68)61-45-18-9-13-21-52(45)70(5,6)65(61)66/h9-37H,1-8H3. The molecule has 75 heavy (non-hydrogen) atoms. The van der Waals surface area contributed by atoms with Crippen LogP contribution in [0.15, 0.2) is 189 Å². The maximum absolute atomic E-state index is 7.09. The van der Waals surface area contributed by atoms with E-state index in [4.69, 9.17) is 13.3 Å². The van der Waals surface area contributed by atoms with Crippen molar-refractivity contribution in [2.45, 2.75) is 71.6 Å². The summed E-state index contributed by atoms with van der Waals surface area (Å²) in [7, 11) is 0. The Morgan fingerprint density at radius 1 is 0.333 bits per heavy atom. The molecule has 360 valence electrons. The van der Waals surface area contributed by atoms with E-state index < -0.39 is 0 Å². The third-order valence-corrected chi connectivity index (χ3v) is 18.0. The van der Waals surface area contributed by atoms with Gasteiger partial charge in [0.25, 0.3) is 0 Å². The van der Waals surface area contributed by atoms with Gasteiger partial charge in [-0.3, -0.25) is 0 Å². The number of fused-ring (bicyclic) bond motifs is 22. The van der Waals surface area contributed by atoms with Crippen molar-refractivity contribution < 1.29 is 13.3 Å². The fourth-order valence-electron chi connectivity index (χ4n) is 14.5. The molecule has 0 saturated heterocycles. The molecule has 0 atom stereocenters. The Bertz CT molecular complexity index is 4720. The van der Waals surface area contributed by atoms with Crippen LogP contribution in [0.5, 0.6) is 0 Å². The van der Waals surface area contributed by atoms with Gasteiger partial charge in [0.2, 0.25) is 0 Å². The third kappa shape index (κ3) is 5.46. The highest BCUT2D eigenvalue weighted by Crippen LogP contribution is 2.64. The van der Waals surface area contributed by atoms with E-state index in [1.165, 1.54) is 99.6 Å². The lowest BCUT2D eigenvalue weighted by atomic mass is 9.72. The largest absolute Gasteiger partial charge is 0.456 e. The first-order chi connectivity index (χ1) is 36.3. The second-order valence-electron chi connectivity index (χ2n) is 23.3. The van der Waals surface area contributed by atoms with Crippen LogP contribution in [0.1, 0.15) is 86.1 Å². The van der Waals surface area contributed by atoms with Crippen molar-refractivity contribution in [1.29, 1.82) is 0 Å². The Hall–Kier alpha value is -8.60. The van der Waals surface area contributed by atoms with Gasteiger partial charge in [-0.2, -0.15) is 0 Å². The summed E-state index contributed by atoms with van der Waals surface area (Å²) in [5.41, 5.74) is 28.3. The smallest absolute Gasteiger partial charge is 0.144 e. The number of anilines is 3. The van der Waals surface area contributed by atoms with Gasteiger partial charge in [-0.25, -0.2) is 0 Å². The minimum atomic E-state index is -0.374. The fourth-order valence-corrected chi connectivity index (χ4v) is 14.5. The number of furan rings is 3. The summed E-state index contributed by atoms with van der Waals surface area (Å²) in [6, 6.07) is 64.9. The van der Waals surface area contributed by atoms with Crippen LogP contribution in [0.3, 0.4) is 0 Å². The van der Waals surface area contributed by atoms with Gasteiger partial charge >= 0.3 is 0 Å². The molecule has 0 bridgehead atoms. The Morgan fingerprint density at radius 2 is 0.840 bits per heavy atom. The lowest BCUT2D eigenvalue weighted by Gasteiger charge is -2.32. The number of rotatable bonds is 4. The SMILES string of the molecule is Cc1ccc(-c2cc3c(c4c2oc2ccccc24)-c2ccc(N(c4ccc5c(c4)C(C)(C)c4c6c(c7c(oc8ccccc87)c4-5)-c4ccccc4C6(C)C)c4ccc5oc6ccccc6c5c4)cc2C3(C)C)c(C)c1. The van der Waals surface area contributed by atoms with Crippen molar-refractivity contribution in [2.75, 3.05) is 4.90 Å². The molecule has 4 nitrogen and oxygen atoms in total. The van der Waals surface area contributed by atoms with Crippen molar-refractivity contribution in [2.24, 2.45) is 0 Å². The van der Waals surface area contributed by atoms with Crippen LogP contribution in [0, 0.1) is 13.8 Å². The number of hydrogen-bond donors (Lipinski definition) is 0. The molecule has 3 aliphatic carbocycles. The van der Waals surface area contributed by atoms with Crippen molar-refractivity contribution in [3.8, 4) is 44.5 Å². The highest BCUT2D eigenvalue weighted by atomic mass is 16.3. The zero-order valence-corrected chi connectivity index (χ0v) is 43.4. The number of para-hydroxylation sites is 3. The average Bonchev–Trinajstić information content (AvgIpc) is 4.26. The summed E-state index contributed by atoms with van der Waals surface area (Å²) >= 11 is 0. The van der Waals surface area contributed by atoms with Crippen molar-refractivity contribution in [3.05, 3.63) is 220 Å². The van der Waals surface area contributed by atoms with Crippen LogP contribution >= 0.6 is 0 Å². The Balaban J connectivity index is 0.935. The number of nitrogens with zero attached hydrogens (tertiary/aromatic N) is 1. The molecule has 0 fully saturated rings. The third-order valence-electron chi connectivity index (χ3n) is 18.0. The zero-order chi connectivity index (χ0) is 50.6. The zero-order valence-electron chi connectivity index (χ0n) is 43.4. The molecule has 0 amide bonds. The van der Waals surface area contributed by atoms with Crippen LogP contribution in [0.4, 0.5) is 17.1 Å². The van der Waals surface area contributed by atoms with E-state index in [-0.39, 0.29) is 16.2 Å². The Morgan fingerprint density at radius 3 is 1.55 bits per heavy atom. The maximum Gasteiger partial charge on any atom is 0.144 e. The second kappa shape index (κ2) is 14.4. The number of benzene rings is 10. The highest BCUT2D eigenvalue weighted by Gasteiger charge is 2.49. The summed E-state index contributed by atoms with van der Waals surface area (Å²) < 4.78 is 20.5. The summed E-state index contributed by atoms with van der Waals surface area (Å²) in [6.07, 6.45) is 0. The van der Waals surface area contributed by atoms with E-state index >= 15 is 0 Å². The maximum atomic E-state index is 7.09. The first-order valence-corrected chi connectivity index (χ1v) is 26.5. The van der Waals surface area contributed by atoms with Crippen molar-refractivity contribution >= 4 is 82.9 Å². The van der Waals surface area contributed by atoms with Gasteiger partial charge < -0.3 is 18.2 Å². The van der Waals surface area contributed by atoms with E-state index in [1.54, 1.807) is 0 Å². The normalized spacial score (nSPS) is 15.3. The van der Waals surface area contributed by atoms with Crippen molar-refractivity contribution in [1.82, 2.24) is 0 Å².